The average Bonchev–Trinajstić information content (AvgIpc) is 3.14. The highest BCUT2D eigenvalue weighted by Crippen LogP contribution is 2.31. The van der Waals surface area contributed by atoms with Gasteiger partial charge in [0.2, 0.25) is 5.78 Å². The zero-order valence-electron chi connectivity index (χ0n) is 14.8. The molecular formula is C20H16N4O3. The Bertz CT molecular complexity index is 1120. The summed E-state index contributed by atoms with van der Waals surface area (Å²) in [5.74, 6) is 1.05. The molecule has 0 saturated heterocycles. The van der Waals surface area contributed by atoms with Crippen LogP contribution in [0.2, 0.25) is 0 Å². The second kappa shape index (κ2) is 6.95. The number of methoxy groups -OCH3 is 1. The molecule has 4 aromatic rings. The Morgan fingerprint density at radius 2 is 2.00 bits per heavy atom. The molecule has 7 nitrogen and oxygen atoms in total. The van der Waals surface area contributed by atoms with Gasteiger partial charge in [0.05, 0.1) is 25.4 Å². The van der Waals surface area contributed by atoms with Crippen molar-refractivity contribution < 1.29 is 13.9 Å². The molecule has 3 aromatic heterocycles. The van der Waals surface area contributed by atoms with E-state index in [9.17, 15) is 4.79 Å². The number of fused-ring (bicyclic) bond motifs is 1. The molecule has 0 fully saturated rings. The number of aromatic nitrogens is 4. The number of benzene rings is 1. The van der Waals surface area contributed by atoms with Crippen LogP contribution in [0.25, 0.3) is 22.2 Å². The van der Waals surface area contributed by atoms with Crippen LogP contribution < -0.4 is 4.74 Å². The molecule has 3 heterocycles. The number of oxazole rings is 1. The number of nitrogens with zero attached hydrogens (tertiary/aromatic N) is 4. The van der Waals surface area contributed by atoms with Gasteiger partial charge in [0.25, 0.3) is 0 Å². The Hall–Kier alpha value is -3.61. The normalized spacial score (nSPS) is 10.9. The number of carbonyl (C=O) groups is 1. The first-order chi connectivity index (χ1) is 13.2. The molecule has 0 spiro atoms. The highest BCUT2D eigenvalue weighted by molar-refractivity contribution is 5.96. The quantitative estimate of drug-likeness (QED) is 0.504. The maximum absolute atomic E-state index is 12.4. The summed E-state index contributed by atoms with van der Waals surface area (Å²) in [5.41, 5.74) is 3.64. The molecule has 0 radical (unpaired) electrons. The van der Waals surface area contributed by atoms with Gasteiger partial charge in [0, 0.05) is 36.6 Å². The number of hydrogen-bond donors (Lipinski definition) is 0. The molecule has 1 aromatic carbocycles. The zero-order valence-corrected chi connectivity index (χ0v) is 14.8. The largest absolute Gasteiger partial charge is 0.494 e. The van der Waals surface area contributed by atoms with Crippen molar-refractivity contribution in [2.75, 3.05) is 7.11 Å². The molecule has 4 rings (SSSR count). The Morgan fingerprint density at radius 3 is 2.70 bits per heavy atom. The SMILES string of the molecule is COc1ccc(-c2cccnc2)c2ncc(CC(=O)c3cnc(C)o3)nc12. The summed E-state index contributed by atoms with van der Waals surface area (Å²) in [5, 5.41) is 0. The van der Waals surface area contributed by atoms with Crippen molar-refractivity contribution in [1.29, 1.82) is 0 Å². The maximum atomic E-state index is 12.4. The summed E-state index contributed by atoms with van der Waals surface area (Å²) >= 11 is 0. The summed E-state index contributed by atoms with van der Waals surface area (Å²) in [6, 6.07) is 7.59. The van der Waals surface area contributed by atoms with Crippen molar-refractivity contribution in [3.63, 3.8) is 0 Å². The lowest BCUT2D eigenvalue weighted by Gasteiger charge is -2.10. The first-order valence-corrected chi connectivity index (χ1v) is 8.34. The van der Waals surface area contributed by atoms with E-state index in [-0.39, 0.29) is 18.0 Å². The molecule has 0 bridgehead atoms. The van der Waals surface area contributed by atoms with Crippen molar-refractivity contribution in [2.45, 2.75) is 13.3 Å². The smallest absolute Gasteiger partial charge is 0.205 e. The number of aryl methyl sites for hydroxylation is 1. The third-order valence-corrected chi connectivity index (χ3v) is 4.14. The van der Waals surface area contributed by atoms with E-state index in [1.807, 2.05) is 24.3 Å². The van der Waals surface area contributed by atoms with Crippen molar-refractivity contribution in [3.05, 3.63) is 66.4 Å². The lowest BCUT2D eigenvalue weighted by molar-refractivity contribution is 0.0964. The van der Waals surface area contributed by atoms with Gasteiger partial charge in [-0.05, 0) is 18.2 Å². The maximum Gasteiger partial charge on any atom is 0.205 e. The van der Waals surface area contributed by atoms with E-state index in [1.165, 1.54) is 6.20 Å². The lowest BCUT2D eigenvalue weighted by Crippen LogP contribution is -2.05. The minimum atomic E-state index is -0.202. The molecule has 0 aliphatic rings. The lowest BCUT2D eigenvalue weighted by atomic mass is 10.0. The van der Waals surface area contributed by atoms with E-state index in [0.717, 1.165) is 11.1 Å². The van der Waals surface area contributed by atoms with Gasteiger partial charge >= 0.3 is 0 Å². The first kappa shape index (κ1) is 16.8. The molecule has 27 heavy (non-hydrogen) atoms. The predicted octanol–water partition coefficient (Wildman–Crippen LogP) is 3.42. The Kier molecular flexibility index (Phi) is 4.33. The van der Waals surface area contributed by atoms with E-state index in [0.29, 0.717) is 28.4 Å². The van der Waals surface area contributed by atoms with E-state index in [4.69, 9.17) is 9.15 Å². The molecule has 0 N–H and O–H groups in total. The fourth-order valence-electron chi connectivity index (χ4n) is 2.86. The first-order valence-electron chi connectivity index (χ1n) is 8.34. The Labute approximate surface area is 155 Å². The summed E-state index contributed by atoms with van der Waals surface area (Å²) in [7, 11) is 1.58. The monoisotopic (exact) mass is 360 g/mol. The zero-order chi connectivity index (χ0) is 18.8. The highest BCUT2D eigenvalue weighted by Gasteiger charge is 2.16. The molecule has 134 valence electrons. The number of ketones is 1. The van der Waals surface area contributed by atoms with E-state index in [1.54, 1.807) is 32.6 Å². The predicted molar refractivity (Wildman–Crippen MR) is 98.6 cm³/mol. The van der Waals surface area contributed by atoms with Crippen molar-refractivity contribution in [3.8, 4) is 16.9 Å². The number of ether oxygens (including phenoxy) is 1. The second-order valence-electron chi connectivity index (χ2n) is 5.96. The van der Waals surface area contributed by atoms with Crippen molar-refractivity contribution >= 4 is 16.8 Å². The van der Waals surface area contributed by atoms with Crippen LogP contribution in [0.15, 0.2) is 53.5 Å². The van der Waals surface area contributed by atoms with Crippen molar-refractivity contribution in [1.82, 2.24) is 19.9 Å². The number of pyridine rings is 1. The fourth-order valence-corrected chi connectivity index (χ4v) is 2.86. The van der Waals surface area contributed by atoms with Gasteiger partial charge in [-0.2, -0.15) is 0 Å². The van der Waals surface area contributed by atoms with Crippen LogP contribution in [0.5, 0.6) is 5.75 Å². The number of carbonyl (C=O) groups excluding carboxylic acids is 1. The van der Waals surface area contributed by atoms with Crippen LogP contribution in [0.4, 0.5) is 0 Å². The molecule has 0 saturated carbocycles. The molecule has 0 aliphatic heterocycles. The Morgan fingerprint density at radius 1 is 1.11 bits per heavy atom. The summed E-state index contributed by atoms with van der Waals surface area (Å²) in [6.07, 6.45) is 6.58. The van der Waals surface area contributed by atoms with Gasteiger partial charge in [0.1, 0.15) is 16.8 Å². The number of Topliss-reactive ketones (excluding diaryl/α,β-unsaturated/α-hetero) is 1. The topological polar surface area (TPSA) is 91.0 Å². The van der Waals surface area contributed by atoms with E-state index < -0.39 is 0 Å². The van der Waals surface area contributed by atoms with Crippen LogP contribution >= 0.6 is 0 Å². The van der Waals surface area contributed by atoms with Gasteiger partial charge in [0.15, 0.2) is 11.7 Å². The standard InChI is InChI=1S/C20H16N4O3/c1-12-22-11-18(27-12)16(25)8-14-10-23-19-15(13-4-3-7-21-9-13)5-6-17(26-2)20(19)24-14/h3-7,9-11H,8H2,1-2H3. The number of hydrogen-bond acceptors (Lipinski definition) is 7. The molecule has 0 unspecified atom stereocenters. The molecule has 0 aliphatic carbocycles. The third kappa shape index (κ3) is 3.27. The van der Waals surface area contributed by atoms with Crippen molar-refractivity contribution in [2.24, 2.45) is 0 Å². The van der Waals surface area contributed by atoms with Crippen LogP contribution in [-0.2, 0) is 6.42 Å². The number of rotatable bonds is 5. The molecule has 0 amide bonds. The van der Waals surface area contributed by atoms with E-state index in [2.05, 4.69) is 19.9 Å². The van der Waals surface area contributed by atoms with Gasteiger partial charge in [-0.3, -0.25) is 14.8 Å². The van der Waals surface area contributed by atoms with Gasteiger partial charge in [-0.15, -0.1) is 0 Å². The molecule has 7 heteroatoms. The van der Waals surface area contributed by atoms with Gasteiger partial charge in [-0.25, -0.2) is 9.97 Å². The minimum Gasteiger partial charge on any atom is -0.494 e. The van der Waals surface area contributed by atoms with Crippen LogP contribution in [-0.4, -0.2) is 32.8 Å². The second-order valence-corrected chi connectivity index (χ2v) is 5.96. The van der Waals surface area contributed by atoms with Gasteiger partial charge in [-0.1, -0.05) is 6.07 Å². The third-order valence-electron chi connectivity index (χ3n) is 4.14. The summed E-state index contributed by atoms with van der Waals surface area (Å²) in [4.78, 5) is 29.6. The summed E-state index contributed by atoms with van der Waals surface area (Å²) < 4.78 is 10.7. The highest BCUT2D eigenvalue weighted by atomic mass is 16.5. The average molecular weight is 360 g/mol. The van der Waals surface area contributed by atoms with E-state index >= 15 is 0 Å². The fraction of sp³-hybridized carbons (Fsp3) is 0.150. The van der Waals surface area contributed by atoms with Crippen LogP contribution in [0, 0.1) is 6.92 Å². The van der Waals surface area contributed by atoms with Gasteiger partial charge < -0.3 is 9.15 Å². The van der Waals surface area contributed by atoms with Crippen LogP contribution in [0.1, 0.15) is 22.1 Å². The summed E-state index contributed by atoms with van der Waals surface area (Å²) in [6.45, 7) is 1.69. The minimum absolute atomic E-state index is 0.0673. The molecular weight excluding hydrogens is 344 g/mol. The Balaban J connectivity index is 1.76. The molecule has 0 atom stereocenters. The van der Waals surface area contributed by atoms with Crippen LogP contribution in [0.3, 0.4) is 0 Å².